The molecule has 1 N–H and O–H groups in total. The highest BCUT2D eigenvalue weighted by Crippen LogP contribution is 2.51. The number of hydrogen-bond donors (Lipinski definition) is 1. The third kappa shape index (κ3) is 4.85. The molecule has 3 heteroatoms. The van der Waals surface area contributed by atoms with Gasteiger partial charge in [-0.3, -0.25) is 0 Å². The number of hydrogen-bond acceptors (Lipinski definition) is 3. The van der Waals surface area contributed by atoms with Crippen molar-refractivity contribution in [3.63, 3.8) is 0 Å². The molecule has 2 nitrogen and oxygen atoms in total. The van der Waals surface area contributed by atoms with Crippen LogP contribution in [0.2, 0.25) is 0 Å². The first-order valence-electron chi connectivity index (χ1n) is 7.26. The minimum Gasteiger partial charge on any atom is -0.308 e. The van der Waals surface area contributed by atoms with Gasteiger partial charge in [0.05, 0.1) is 6.07 Å². The minimum absolute atomic E-state index is 0.156. The molecule has 0 bridgehead atoms. The van der Waals surface area contributed by atoms with E-state index in [9.17, 15) is 0 Å². The summed E-state index contributed by atoms with van der Waals surface area (Å²) < 4.78 is 0. The lowest BCUT2D eigenvalue weighted by Crippen LogP contribution is -2.35. The Morgan fingerprint density at radius 2 is 1.90 bits per heavy atom. The van der Waals surface area contributed by atoms with Gasteiger partial charge in [0, 0.05) is 29.2 Å². The van der Waals surface area contributed by atoms with Crippen LogP contribution in [0.15, 0.2) is 29.2 Å². The topological polar surface area (TPSA) is 35.8 Å². The second-order valence-corrected chi connectivity index (χ2v) is 7.92. The molecular weight excluding hydrogens is 264 g/mol. The van der Waals surface area contributed by atoms with Gasteiger partial charge < -0.3 is 5.32 Å². The lowest BCUT2D eigenvalue weighted by molar-refractivity contribution is 0.424. The van der Waals surface area contributed by atoms with Crippen LogP contribution >= 0.6 is 11.8 Å². The van der Waals surface area contributed by atoms with Gasteiger partial charge in [0.2, 0.25) is 0 Å². The summed E-state index contributed by atoms with van der Waals surface area (Å²) in [6.45, 7) is 7.46. The summed E-state index contributed by atoms with van der Waals surface area (Å²) in [4.78, 5) is 1.31. The largest absolute Gasteiger partial charge is 0.308 e. The van der Waals surface area contributed by atoms with Gasteiger partial charge in [-0.25, -0.2) is 0 Å². The molecule has 0 spiro atoms. The third-order valence-corrected chi connectivity index (χ3v) is 5.06. The van der Waals surface area contributed by atoms with E-state index in [4.69, 9.17) is 5.26 Å². The number of rotatable bonds is 6. The van der Waals surface area contributed by atoms with E-state index in [-0.39, 0.29) is 5.54 Å². The highest BCUT2D eigenvalue weighted by atomic mass is 32.2. The quantitative estimate of drug-likeness (QED) is 0.790. The molecule has 0 unspecified atom stereocenters. The van der Waals surface area contributed by atoms with Crippen LogP contribution in [-0.4, -0.2) is 11.3 Å². The van der Waals surface area contributed by atoms with E-state index in [0.717, 1.165) is 12.3 Å². The van der Waals surface area contributed by atoms with Crippen molar-refractivity contribution < 1.29 is 0 Å². The molecule has 108 valence electrons. The number of nitrogens with zero attached hydrogens (tertiary/aromatic N) is 1. The fourth-order valence-electron chi connectivity index (χ4n) is 2.02. The van der Waals surface area contributed by atoms with Gasteiger partial charge >= 0.3 is 0 Å². The van der Waals surface area contributed by atoms with Crippen LogP contribution in [-0.2, 0) is 6.54 Å². The van der Waals surface area contributed by atoms with Crippen molar-refractivity contribution in [3.8, 4) is 6.07 Å². The Morgan fingerprint density at radius 1 is 1.25 bits per heavy atom. The molecule has 1 fully saturated rings. The fourth-order valence-corrected chi connectivity index (χ4v) is 3.22. The van der Waals surface area contributed by atoms with Crippen LogP contribution in [0, 0.1) is 16.7 Å². The monoisotopic (exact) mass is 288 g/mol. The van der Waals surface area contributed by atoms with E-state index in [1.807, 2.05) is 11.8 Å². The first-order valence-corrected chi connectivity index (χ1v) is 8.25. The number of nitrogens with one attached hydrogen (secondary N) is 1. The maximum Gasteiger partial charge on any atom is 0.0627 e. The number of thioether (sulfide) groups is 1. The van der Waals surface area contributed by atoms with Crippen LogP contribution in [0.4, 0.5) is 0 Å². The summed E-state index contributed by atoms with van der Waals surface area (Å²) in [5.74, 6) is 1.08. The minimum atomic E-state index is 0.156. The van der Waals surface area contributed by atoms with Crippen molar-refractivity contribution >= 4 is 11.8 Å². The summed E-state index contributed by atoms with van der Waals surface area (Å²) in [7, 11) is 0. The van der Waals surface area contributed by atoms with E-state index in [1.54, 1.807) is 0 Å². The SMILES string of the molecule is CC(C)(C)NCc1ccc(SCC2(CC#N)CC2)cc1. The van der Waals surface area contributed by atoms with E-state index >= 15 is 0 Å². The summed E-state index contributed by atoms with van der Waals surface area (Å²) in [6, 6.07) is 11.1. The summed E-state index contributed by atoms with van der Waals surface area (Å²) in [5, 5.41) is 12.3. The Bertz CT molecular complexity index is 475. The molecule has 0 aromatic heterocycles. The van der Waals surface area contributed by atoms with E-state index < -0.39 is 0 Å². The second kappa shape index (κ2) is 6.20. The lowest BCUT2D eigenvalue weighted by atomic mass is 10.1. The van der Waals surface area contributed by atoms with Gasteiger partial charge in [-0.1, -0.05) is 12.1 Å². The van der Waals surface area contributed by atoms with Crippen LogP contribution < -0.4 is 5.32 Å². The molecule has 0 radical (unpaired) electrons. The Balaban J connectivity index is 1.81. The summed E-state index contributed by atoms with van der Waals surface area (Å²) in [5.41, 5.74) is 1.80. The molecule has 0 aliphatic heterocycles. The highest BCUT2D eigenvalue weighted by Gasteiger charge is 2.42. The zero-order valence-corrected chi connectivity index (χ0v) is 13.5. The van der Waals surface area contributed by atoms with Crippen molar-refractivity contribution in [1.82, 2.24) is 5.32 Å². The van der Waals surface area contributed by atoms with E-state index in [2.05, 4.69) is 56.4 Å². The van der Waals surface area contributed by atoms with Crippen molar-refractivity contribution in [2.24, 2.45) is 5.41 Å². The smallest absolute Gasteiger partial charge is 0.0627 e. The first kappa shape index (κ1) is 15.4. The summed E-state index contributed by atoms with van der Waals surface area (Å²) in [6.07, 6.45) is 3.16. The molecule has 1 aromatic rings. The standard InChI is InChI=1S/C17H24N2S/c1-16(2,3)19-12-14-4-6-15(7-5-14)20-13-17(8-9-17)10-11-18/h4-7,19H,8-10,12-13H2,1-3H3. The lowest BCUT2D eigenvalue weighted by Gasteiger charge is -2.20. The number of benzene rings is 1. The molecule has 1 aromatic carbocycles. The van der Waals surface area contributed by atoms with Crippen molar-refractivity contribution in [2.75, 3.05) is 5.75 Å². The number of nitriles is 1. The van der Waals surface area contributed by atoms with Crippen LogP contribution in [0.3, 0.4) is 0 Å². The zero-order valence-electron chi connectivity index (χ0n) is 12.7. The van der Waals surface area contributed by atoms with Gasteiger partial charge in [0.15, 0.2) is 0 Å². The molecule has 0 atom stereocenters. The van der Waals surface area contributed by atoms with Crippen molar-refractivity contribution in [2.45, 2.75) is 57.0 Å². The highest BCUT2D eigenvalue weighted by molar-refractivity contribution is 7.99. The second-order valence-electron chi connectivity index (χ2n) is 6.87. The molecule has 0 amide bonds. The van der Waals surface area contributed by atoms with Gasteiger partial charge in [-0.05, 0) is 56.7 Å². The van der Waals surface area contributed by atoms with E-state index in [1.165, 1.54) is 23.3 Å². The molecule has 1 aliphatic rings. The predicted octanol–water partition coefficient (Wildman–Crippen LogP) is 4.36. The summed E-state index contributed by atoms with van der Waals surface area (Å²) >= 11 is 1.89. The average molecular weight is 288 g/mol. The maximum atomic E-state index is 8.83. The molecule has 1 saturated carbocycles. The van der Waals surface area contributed by atoms with Gasteiger partial charge in [0.25, 0.3) is 0 Å². The predicted molar refractivity (Wildman–Crippen MR) is 85.7 cm³/mol. The molecule has 20 heavy (non-hydrogen) atoms. The van der Waals surface area contributed by atoms with Crippen molar-refractivity contribution in [1.29, 1.82) is 5.26 Å². The average Bonchev–Trinajstić information content (AvgIpc) is 3.15. The van der Waals surface area contributed by atoms with Crippen LogP contribution in [0.1, 0.15) is 45.6 Å². The molecule has 0 saturated heterocycles. The Kier molecular flexibility index (Phi) is 4.78. The van der Waals surface area contributed by atoms with Gasteiger partial charge in [-0.2, -0.15) is 5.26 Å². The van der Waals surface area contributed by atoms with Crippen LogP contribution in [0.25, 0.3) is 0 Å². The van der Waals surface area contributed by atoms with E-state index in [0.29, 0.717) is 11.8 Å². The fraction of sp³-hybridized carbons (Fsp3) is 0.588. The third-order valence-electron chi connectivity index (χ3n) is 3.70. The Labute approximate surface area is 127 Å². The Morgan fingerprint density at radius 3 is 2.40 bits per heavy atom. The van der Waals surface area contributed by atoms with Crippen LogP contribution in [0.5, 0.6) is 0 Å². The van der Waals surface area contributed by atoms with Gasteiger partial charge in [-0.15, -0.1) is 11.8 Å². The first-order chi connectivity index (χ1) is 9.42. The molecule has 0 heterocycles. The maximum absolute atomic E-state index is 8.83. The zero-order chi connectivity index (χ0) is 14.6. The van der Waals surface area contributed by atoms with Gasteiger partial charge in [0.1, 0.15) is 0 Å². The van der Waals surface area contributed by atoms with Crippen molar-refractivity contribution in [3.05, 3.63) is 29.8 Å². The molecule has 1 aliphatic carbocycles. The molecular formula is C17H24N2S. The Hall–Kier alpha value is -0.980. The normalized spacial score (nSPS) is 16.7. The molecule has 2 rings (SSSR count).